The Bertz CT molecular complexity index is 515. The molecule has 5 nitrogen and oxygen atoms in total. The van der Waals surface area contributed by atoms with Gasteiger partial charge in [0.25, 0.3) is 0 Å². The summed E-state index contributed by atoms with van der Waals surface area (Å²) >= 11 is 0. The number of nitrogens with zero attached hydrogens (tertiary/aromatic N) is 1. The summed E-state index contributed by atoms with van der Waals surface area (Å²) in [4.78, 5) is 2.13. The molecule has 0 aromatic heterocycles. The zero-order valence-corrected chi connectivity index (χ0v) is 12.6. The monoisotopic (exact) mass is 285 g/mol. The molecule has 0 spiro atoms. The van der Waals surface area contributed by atoms with E-state index in [4.69, 9.17) is 5.73 Å². The quantitative estimate of drug-likeness (QED) is 0.741. The minimum absolute atomic E-state index is 0.111. The maximum atomic E-state index is 11.4. The highest BCUT2D eigenvalue weighted by atomic mass is 32.2. The van der Waals surface area contributed by atoms with Crippen molar-refractivity contribution in [3.05, 3.63) is 23.8 Å². The molecule has 0 saturated heterocycles. The molecule has 1 aromatic rings. The van der Waals surface area contributed by atoms with Gasteiger partial charge in [0.05, 0.1) is 5.75 Å². The molecule has 0 saturated carbocycles. The summed E-state index contributed by atoms with van der Waals surface area (Å²) in [6.45, 7) is 7.55. The normalized spacial score (nSPS) is 11.5. The average Bonchev–Trinajstić information content (AvgIpc) is 2.36. The highest BCUT2D eigenvalue weighted by Gasteiger charge is 2.10. The molecule has 0 fully saturated rings. The van der Waals surface area contributed by atoms with Crippen molar-refractivity contribution in [3.8, 4) is 0 Å². The Morgan fingerprint density at radius 2 is 2.00 bits per heavy atom. The lowest BCUT2D eigenvalue weighted by Gasteiger charge is -2.25. The van der Waals surface area contributed by atoms with Crippen LogP contribution in [-0.4, -0.2) is 33.8 Å². The number of hydrogen-bond donors (Lipinski definition) is 2. The van der Waals surface area contributed by atoms with Crippen LogP contribution in [0.3, 0.4) is 0 Å². The lowest BCUT2D eigenvalue weighted by molar-refractivity contribution is 0.582. The van der Waals surface area contributed by atoms with Gasteiger partial charge in [0, 0.05) is 31.0 Å². The van der Waals surface area contributed by atoms with Crippen LogP contribution in [0.1, 0.15) is 19.4 Å². The third kappa shape index (κ3) is 4.72. The summed E-state index contributed by atoms with van der Waals surface area (Å²) in [6, 6.07) is 5.76. The van der Waals surface area contributed by atoms with E-state index >= 15 is 0 Å². The van der Waals surface area contributed by atoms with Gasteiger partial charge in [0.2, 0.25) is 10.0 Å². The molecule has 0 aliphatic rings. The van der Waals surface area contributed by atoms with Crippen molar-refractivity contribution in [2.75, 3.05) is 36.0 Å². The molecule has 0 amide bonds. The predicted molar refractivity (Wildman–Crippen MR) is 80.9 cm³/mol. The van der Waals surface area contributed by atoms with Crippen molar-refractivity contribution in [1.29, 1.82) is 0 Å². The van der Waals surface area contributed by atoms with E-state index in [9.17, 15) is 8.42 Å². The summed E-state index contributed by atoms with van der Waals surface area (Å²) in [5.74, 6) is 0.111. The van der Waals surface area contributed by atoms with Crippen LogP contribution in [-0.2, 0) is 10.0 Å². The molecule has 108 valence electrons. The molecule has 0 atom stereocenters. The van der Waals surface area contributed by atoms with Gasteiger partial charge >= 0.3 is 0 Å². The van der Waals surface area contributed by atoms with E-state index in [1.807, 2.05) is 32.0 Å². The summed E-state index contributed by atoms with van der Waals surface area (Å²) in [5.41, 5.74) is 8.66. The zero-order valence-electron chi connectivity index (χ0n) is 11.8. The number of nitrogens with one attached hydrogen (secondary N) is 1. The van der Waals surface area contributed by atoms with Gasteiger partial charge in [0.1, 0.15) is 0 Å². The molecule has 0 aliphatic carbocycles. The van der Waals surface area contributed by atoms with Crippen molar-refractivity contribution in [2.24, 2.45) is 0 Å². The summed E-state index contributed by atoms with van der Waals surface area (Å²) in [6.07, 6.45) is 0. The topological polar surface area (TPSA) is 75.4 Å². The molecule has 6 heteroatoms. The molecule has 0 heterocycles. The smallest absolute Gasteiger partial charge is 0.211 e. The Morgan fingerprint density at radius 3 is 2.53 bits per heavy atom. The number of likely N-dealkylation sites (N-methyl/N-ethyl adjacent to an activating group) is 1. The third-order valence-corrected chi connectivity index (χ3v) is 4.43. The third-order valence-electron chi connectivity index (χ3n) is 3.03. The number of sulfonamides is 1. The Balaban J connectivity index is 2.68. The zero-order chi connectivity index (χ0) is 14.5. The molecule has 0 aliphatic heterocycles. The molecular weight excluding hydrogens is 262 g/mol. The molecular formula is C13H23N3O2S. The first-order chi connectivity index (χ1) is 8.89. The average molecular weight is 285 g/mol. The highest BCUT2D eigenvalue weighted by Crippen LogP contribution is 2.21. The van der Waals surface area contributed by atoms with Crippen molar-refractivity contribution >= 4 is 21.4 Å². The maximum Gasteiger partial charge on any atom is 0.211 e. The minimum Gasteiger partial charge on any atom is -0.399 e. The van der Waals surface area contributed by atoms with Crippen LogP contribution in [0.5, 0.6) is 0 Å². The second-order valence-corrected chi connectivity index (χ2v) is 6.52. The van der Waals surface area contributed by atoms with Crippen LogP contribution in [0.2, 0.25) is 0 Å². The van der Waals surface area contributed by atoms with Crippen LogP contribution < -0.4 is 15.4 Å². The number of rotatable bonds is 7. The van der Waals surface area contributed by atoms with E-state index in [0.717, 1.165) is 23.5 Å². The van der Waals surface area contributed by atoms with Gasteiger partial charge in [-0.15, -0.1) is 0 Å². The van der Waals surface area contributed by atoms with Gasteiger partial charge in [-0.3, -0.25) is 0 Å². The summed E-state index contributed by atoms with van der Waals surface area (Å²) in [5, 5.41) is 0. The number of anilines is 2. The fourth-order valence-corrected chi connectivity index (χ4v) is 2.53. The SMILES string of the molecule is CCN(CCNS(=O)(=O)CC)c1ccc(N)cc1C. The predicted octanol–water partition coefficient (Wildman–Crippen LogP) is 1.34. The van der Waals surface area contributed by atoms with Gasteiger partial charge in [-0.1, -0.05) is 0 Å². The van der Waals surface area contributed by atoms with E-state index in [2.05, 4.69) is 9.62 Å². The van der Waals surface area contributed by atoms with E-state index in [-0.39, 0.29) is 5.75 Å². The van der Waals surface area contributed by atoms with E-state index in [1.54, 1.807) is 6.92 Å². The lowest BCUT2D eigenvalue weighted by Crippen LogP contribution is -2.35. The molecule has 1 aromatic carbocycles. The first-order valence-electron chi connectivity index (χ1n) is 6.48. The number of aryl methyl sites for hydroxylation is 1. The van der Waals surface area contributed by atoms with Crippen molar-refractivity contribution in [3.63, 3.8) is 0 Å². The van der Waals surface area contributed by atoms with Crippen molar-refractivity contribution in [1.82, 2.24) is 4.72 Å². The van der Waals surface area contributed by atoms with E-state index < -0.39 is 10.0 Å². The molecule has 0 unspecified atom stereocenters. The van der Waals surface area contributed by atoms with Crippen molar-refractivity contribution in [2.45, 2.75) is 20.8 Å². The van der Waals surface area contributed by atoms with Crippen LogP contribution >= 0.6 is 0 Å². The standard InChI is InChI=1S/C13H23N3O2S/c1-4-16(9-8-15-19(17,18)5-2)13-7-6-12(14)10-11(13)3/h6-7,10,15H,4-5,8-9,14H2,1-3H3. The van der Waals surface area contributed by atoms with E-state index in [0.29, 0.717) is 13.1 Å². The number of benzene rings is 1. The van der Waals surface area contributed by atoms with Gasteiger partial charge in [-0.25, -0.2) is 13.1 Å². The summed E-state index contributed by atoms with van der Waals surface area (Å²) < 4.78 is 25.3. The van der Waals surface area contributed by atoms with Gasteiger partial charge in [0.15, 0.2) is 0 Å². The number of nitrogen functional groups attached to an aromatic ring is 1. The highest BCUT2D eigenvalue weighted by molar-refractivity contribution is 7.89. The number of nitrogens with two attached hydrogens (primary N) is 1. The molecule has 3 N–H and O–H groups in total. The lowest BCUT2D eigenvalue weighted by atomic mass is 10.1. The van der Waals surface area contributed by atoms with Gasteiger partial charge < -0.3 is 10.6 Å². The second kappa shape index (κ2) is 6.77. The fourth-order valence-electron chi connectivity index (χ4n) is 1.92. The first-order valence-corrected chi connectivity index (χ1v) is 8.13. The van der Waals surface area contributed by atoms with Crippen LogP contribution in [0, 0.1) is 6.92 Å². The Kier molecular flexibility index (Phi) is 5.62. The van der Waals surface area contributed by atoms with Crippen LogP contribution in [0.4, 0.5) is 11.4 Å². The van der Waals surface area contributed by atoms with Crippen LogP contribution in [0.25, 0.3) is 0 Å². The van der Waals surface area contributed by atoms with Gasteiger partial charge in [-0.2, -0.15) is 0 Å². The van der Waals surface area contributed by atoms with Crippen LogP contribution in [0.15, 0.2) is 18.2 Å². The molecule has 0 radical (unpaired) electrons. The summed E-state index contributed by atoms with van der Waals surface area (Å²) in [7, 11) is -3.12. The van der Waals surface area contributed by atoms with Crippen molar-refractivity contribution < 1.29 is 8.42 Å². The second-order valence-electron chi connectivity index (χ2n) is 4.42. The fraction of sp³-hybridized carbons (Fsp3) is 0.538. The minimum atomic E-state index is -3.12. The maximum absolute atomic E-state index is 11.4. The Hall–Kier alpha value is -1.27. The molecule has 1 rings (SSSR count). The number of hydrogen-bond acceptors (Lipinski definition) is 4. The molecule has 0 bridgehead atoms. The Labute approximate surface area is 115 Å². The Morgan fingerprint density at radius 1 is 1.32 bits per heavy atom. The van der Waals surface area contributed by atoms with Gasteiger partial charge in [-0.05, 0) is 44.5 Å². The largest absolute Gasteiger partial charge is 0.399 e. The first kappa shape index (κ1) is 15.8. The van der Waals surface area contributed by atoms with E-state index in [1.165, 1.54) is 0 Å². The molecule has 19 heavy (non-hydrogen) atoms.